The summed E-state index contributed by atoms with van der Waals surface area (Å²) in [4.78, 5) is 15.3. The molecular formula is C14H15NO3. The number of hydrogen-bond acceptors (Lipinski definition) is 3. The van der Waals surface area contributed by atoms with Crippen LogP contribution >= 0.6 is 0 Å². The fourth-order valence-corrected chi connectivity index (χ4v) is 2.30. The molecule has 4 heteroatoms. The molecule has 0 saturated heterocycles. The van der Waals surface area contributed by atoms with E-state index in [-0.39, 0.29) is 11.7 Å². The zero-order valence-corrected chi connectivity index (χ0v) is 10.2. The van der Waals surface area contributed by atoms with Crippen molar-refractivity contribution < 1.29 is 14.6 Å². The highest BCUT2D eigenvalue weighted by Gasteiger charge is 2.32. The van der Waals surface area contributed by atoms with Gasteiger partial charge in [-0.1, -0.05) is 0 Å². The van der Waals surface area contributed by atoms with E-state index in [1.54, 1.807) is 25.1 Å². The van der Waals surface area contributed by atoms with Gasteiger partial charge in [0, 0.05) is 16.6 Å². The number of carbonyl (C=O) groups excluding carboxylic acids is 1. The Hall–Kier alpha value is -1.97. The van der Waals surface area contributed by atoms with Gasteiger partial charge in [0.1, 0.15) is 5.75 Å². The maximum atomic E-state index is 12.1. The van der Waals surface area contributed by atoms with Crippen molar-refractivity contribution >= 4 is 16.9 Å². The van der Waals surface area contributed by atoms with Crippen LogP contribution in [0.1, 0.15) is 41.7 Å². The Bertz CT molecular complexity index is 611. The maximum Gasteiger partial charge on any atom is 0.340 e. The molecule has 0 radical (unpaired) electrons. The van der Waals surface area contributed by atoms with E-state index in [0.29, 0.717) is 18.1 Å². The molecule has 1 fully saturated rings. The second-order valence-electron chi connectivity index (χ2n) is 4.64. The van der Waals surface area contributed by atoms with Gasteiger partial charge in [-0.3, -0.25) is 0 Å². The van der Waals surface area contributed by atoms with E-state index in [2.05, 4.69) is 4.98 Å². The number of phenols is 1. The van der Waals surface area contributed by atoms with Crippen molar-refractivity contribution in [2.45, 2.75) is 25.7 Å². The first-order valence-corrected chi connectivity index (χ1v) is 6.22. The number of ether oxygens (including phenoxy) is 1. The number of rotatable bonds is 3. The lowest BCUT2D eigenvalue weighted by molar-refractivity contribution is 0.0527. The van der Waals surface area contributed by atoms with E-state index in [1.165, 1.54) is 0 Å². The minimum atomic E-state index is -0.309. The average Bonchev–Trinajstić information content (AvgIpc) is 3.11. The highest BCUT2D eigenvalue weighted by Crippen LogP contribution is 2.43. The second kappa shape index (κ2) is 4.05. The van der Waals surface area contributed by atoms with Crippen LogP contribution in [-0.4, -0.2) is 22.7 Å². The van der Waals surface area contributed by atoms with Gasteiger partial charge in [-0.15, -0.1) is 0 Å². The first-order valence-electron chi connectivity index (χ1n) is 6.22. The van der Waals surface area contributed by atoms with Gasteiger partial charge < -0.3 is 14.8 Å². The Balaban J connectivity index is 2.19. The normalized spacial score (nSPS) is 14.9. The van der Waals surface area contributed by atoms with E-state index in [0.717, 1.165) is 29.4 Å². The maximum absolute atomic E-state index is 12.1. The fraction of sp³-hybridized carbons (Fsp3) is 0.357. The van der Waals surface area contributed by atoms with Gasteiger partial charge in [0.05, 0.1) is 12.2 Å². The molecular weight excluding hydrogens is 230 g/mol. The molecule has 0 unspecified atom stereocenters. The molecule has 94 valence electrons. The SMILES string of the molecule is CCOC(=O)c1c(C2CC2)[nH]c2ccc(O)cc12. The van der Waals surface area contributed by atoms with Crippen LogP contribution in [0.25, 0.3) is 10.9 Å². The van der Waals surface area contributed by atoms with Crippen LogP contribution in [0.3, 0.4) is 0 Å². The van der Waals surface area contributed by atoms with Gasteiger partial charge in [-0.25, -0.2) is 4.79 Å². The predicted molar refractivity (Wildman–Crippen MR) is 67.9 cm³/mol. The number of carbonyl (C=O) groups is 1. The summed E-state index contributed by atoms with van der Waals surface area (Å²) in [5.74, 6) is 0.282. The van der Waals surface area contributed by atoms with Crippen molar-refractivity contribution in [3.05, 3.63) is 29.5 Å². The number of aromatic hydroxyl groups is 1. The van der Waals surface area contributed by atoms with Crippen molar-refractivity contribution in [2.75, 3.05) is 6.61 Å². The molecule has 0 atom stereocenters. The van der Waals surface area contributed by atoms with Gasteiger partial charge in [0.25, 0.3) is 0 Å². The van der Waals surface area contributed by atoms with Crippen LogP contribution in [0.5, 0.6) is 5.75 Å². The van der Waals surface area contributed by atoms with E-state index in [4.69, 9.17) is 4.74 Å². The number of esters is 1. The number of benzene rings is 1. The number of phenolic OH excluding ortho intramolecular Hbond substituents is 1. The number of aromatic amines is 1. The molecule has 2 aromatic rings. The van der Waals surface area contributed by atoms with Gasteiger partial charge in [-0.05, 0) is 43.9 Å². The summed E-state index contributed by atoms with van der Waals surface area (Å²) in [6.07, 6.45) is 2.20. The zero-order chi connectivity index (χ0) is 12.7. The Morgan fingerprint density at radius 1 is 1.50 bits per heavy atom. The molecule has 0 bridgehead atoms. The molecule has 1 heterocycles. The average molecular weight is 245 g/mol. The van der Waals surface area contributed by atoms with E-state index >= 15 is 0 Å². The summed E-state index contributed by atoms with van der Waals surface area (Å²) in [5, 5.41) is 10.3. The van der Waals surface area contributed by atoms with Gasteiger partial charge in [-0.2, -0.15) is 0 Å². The number of H-pyrrole nitrogens is 1. The van der Waals surface area contributed by atoms with Crippen LogP contribution < -0.4 is 0 Å². The van der Waals surface area contributed by atoms with Crippen molar-refractivity contribution in [3.8, 4) is 5.75 Å². The van der Waals surface area contributed by atoms with Crippen LogP contribution in [0.2, 0.25) is 0 Å². The lowest BCUT2D eigenvalue weighted by atomic mass is 10.1. The quantitative estimate of drug-likeness (QED) is 0.817. The highest BCUT2D eigenvalue weighted by atomic mass is 16.5. The molecule has 2 N–H and O–H groups in total. The summed E-state index contributed by atoms with van der Waals surface area (Å²) in [5.41, 5.74) is 2.41. The summed E-state index contributed by atoms with van der Waals surface area (Å²) in [7, 11) is 0. The summed E-state index contributed by atoms with van der Waals surface area (Å²) in [6.45, 7) is 2.15. The molecule has 0 aliphatic heterocycles. The lowest BCUT2D eigenvalue weighted by Gasteiger charge is -2.03. The monoisotopic (exact) mass is 245 g/mol. The highest BCUT2D eigenvalue weighted by molar-refractivity contribution is 6.06. The van der Waals surface area contributed by atoms with Crippen LogP contribution in [0.15, 0.2) is 18.2 Å². The van der Waals surface area contributed by atoms with E-state index < -0.39 is 0 Å². The topological polar surface area (TPSA) is 62.3 Å². The van der Waals surface area contributed by atoms with Crippen molar-refractivity contribution in [3.63, 3.8) is 0 Å². The standard InChI is InChI=1S/C14H15NO3/c1-2-18-14(17)12-10-7-9(16)5-6-11(10)15-13(12)8-3-4-8/h5-8,15-16H,2-4H2,1H3. The Kier molecular flexibility index (Phi) is 2.51. The molecule has 1 aromatic heterocycles. The smallest absolute Gasteiger partial charge is 0.340 e. The molecule has 0 amide bonds. The number of aromatic nitrogens is 1. The van der Waals surface area contributed by atoms with Gasteiger partial charge in [0.15, 0.2) is 0 Å². The molecule has 0 spiro atoms. The molecule has 1 aliphatic rings. The third-order valence-electron chi connectivity index (χ3n) is 3.28. The van der Waals surface area contributed by atoms with Crippen LogP contribution in [-0.2, 0) is 4.74 Å². The van der Waals surface area contributed by atoms with Crippen LogP contribution in [0, 0.1) is 0 Å². The van der Waals surface area contributed by atoms with Crippen molar-refractivity contribution in [2.24, 2.45) is 0 Å². The van der Waals surface area contributed by atoms with Gasteiger partial charge >= 0.3 is 5.97 Å². The number of fused-ring (bicyclic) bond motifs is 1. The fourth-order valence-electron chi connectivity index (χ4n) is 2.30. The molecule has 1 aliphatic carbocycles. The summed E-state index contributed by atoms with van der Waals surface area (Å²) in [6, 6.07) is 5.02. The van der Waals surface area contributed by atoms with Crippen LogP contribution in [0.4, 0.5) is 0 Å². The number of hydrogen-bond donors (Lipinski definition) is 2. The minimum absolute atomic E-state index is 0.161. The minimum Gasteiger partial charge on any atom is -0.508 e. The van der Waals surface area contributed by atoms with Crippen molar-refractivity contribution in [1.82, 2.24) is 4.98 Å². The molecule has 1 aromatic carbocycles. The molecule has 4 nitrogen and oxygen atoms in total. The van der Waals surface area contributed by atoms with E-state index in [1.807, 2.05) is 0 Å². The first-order chi connectivity index (χ1) is 8.70. The predicted octanol–water partition coefficient (Wildman–Crippen LogP) is 2.93. The third-order valence-corrected chi connectivity index (χ3v) is 3.28. The molecule has 1 saturated carbocycles. The van der Waals surface area contributed by atoms with E-state index in [9.17, 15) is 9.90 Å². The van der Waals surface area contributed by atoms with Gasteiger partial charge in [0.2, 0.25) is 0 Å². The Morgan fingerprint density at radius 2 is 2.28 bits per heavy atom. The second-order valence-corrected chi connectivity index (χ2v) is 4.64. The molecule has 18 heavy (non-hydrogen) atoms. The molecule has 3 rings (SSSR count). The zero-order valence-electron chi connectivity index (χ0n) is 10.2. The summed E-state index contributed by atoms with van der Waals surface area (Å²) >= 11 is 0. The largest absolute Gasteiger partial charge is 0.508 e. The van der Waals surface area contributed by atoms with Crippen molar-refractivity contribution in [1.29, 1.82) is 0 Å². The third kappa shape index (κ3) is 1.74. The summed E-state index contributed by atoms with van der Waals surface area (Å²) < 4.78 is 5.11. The Labute approximate surface area is 105 Å². The number of nitrogens with one attached hydrogen (secondary N) is 1. The Morgan fingerprint density at radius 3 is 2.94 bits per heavy atom. The lowest BCUT2D eigenvalue weighted by Crippen LogP contribution is -2.06. The first kappa shape index (κ1) is 11.1.